The lowest BCUT2D eigenvalue weighted by Gasteiger charge is -2.29. The maximum atomic E-state index is 12.9. The summed E-state index contributed by atoms with van der Waals surface area (Å²) >= 11 is 0. The topological polar surface area (TPSA) is 26.6 Å². The molecule has 4 rings (SSSR count). The van der Waals surface area contributed by atoms with Gasteiger partial charge in [0.15, 0.2) is 0 Å². The van der Waals surface area contributed by atoms with Gasteiger partial charge in [-0.05, 0) is 56.1 Å². The van der Waals surface area contributed by atoms with E-state index in [-0.39, 0.29) is 6.04 Å². The molecule has 0 amide bonds. The number of hydrazine groups is 1. The predicted octanol–water partition coefficient (Wildman–Crippen LogP) is 4.14. The molecule has 136 valence electrons. The van der Waals surface area contributed by atoms with Crippen LogP contribution in [0.15, 0.2) is 54.6 Å². The normalized spacial score (nSPS) is 22.1. The summed E-state index contributed by atoms with van der Waals surface area (Å²) in [7, 11) is 2.18. The minimum atomic E-state index is -0.0510. The first-order valence-electron chi connectivity index (χ1n) is 9.76. The van der Waals surface area contributed by atoms with Crippen molar-refractivity contribution in [2.75, 3.05) is 33.2 Å². The molecule has 26 heavy (non-hydrogen) atoms. The van der Waals surface area contributed by atoms with Gasteiger partial charge >= 0.3 is 0 Å². The fraction of sp³-hybridized carbons (Fsp3) is 0.455. The van der Waals surface area contributed by atoms with Crippen LogP contribution in [0.2, 0.25) is 0 Å². The number of hydrogen-bond acceptors (Lipinski definition) is 2. The average Bonchev–Trinajstić information content (AvgIpc) is 3.05. The summed E-state index contributed by atoms with van der Waals surface area (Å²) in [4.78, 5) is 16.6. The molecule has 0 N–H and O–H groups in total. The minimum absolute atomic E-state index is 0.0510. The van der Waals surface area contributed by atoms with Crippen molar-refractivity contribution in [2.45, 2.75) is 25.3 Å². The standard InChI is InChI=1S/C22H28N3O/c1-23-13-10-18(11-14-23)17-24-15-12-22(25(24)26)21-9-5-8-20(16-21)19-6-3-2-4-7-19/h2-9,16,18,22H,10-15,17H2,1H3/q+1. The highest BCUT2D eigenvalue weighted by Crippen LogP contribution is 2.32. The molecule has 4 nitrogen and oxygen atoms in total. The Hall–Kier alpha value is -2.20. The number of likely N-dealkylation sites (tertiary alicyclic amines) is 1. The highest BCUT2D eigenvalue weighted by Gasteiger charge is 2.42. The summed E-state index contributed by atoms with van der Waals surface area (Å²) in [5, 5.41) is 2.04. The molecule has 2 aliphatic heterocycles. The molecule has 4 heteroatoms. The van der Waals surface area contributed by atoms with Crippen LogP contribution < -0.4 is 0 Å². The van der Waals surface area contributed by atoms with Gasteiger partial charge in [0.1, 0.15) is 4.87 Å². The fourth-order valence-corrected chi connectivity index (χ4v) is 4.24. The smallest absolute Gasteiger partial charge is 0.261 e. The summed E-state index contributed by atoms with van der Waals surface area (Å²) in [5.74, 6) is 0.650. The second-order valence-electron chi connectivity index (χ2n) is 7.76. The van der Waals surface area contributed by atoms with Gasteiger partial charge in [-0.3, -0.25) is 0 Å². The number of nitroso groups, excluding NO2 is 1. The zero-order valence-electron chi connectivity index (χ0n) is 15.6. The Labute approximate surface area is 156 Å². The van der Waals surface area contributed by atoms with Crippen LogP contribution in [0, 0.1) is 10.8 Å². The lowest BCUT2D eigenvalue weighted by Crippen LogP contribution is -2.38. The highest BCUT2D eigenvalue weighted by molar-refractivity contribution is 5.64. The molecular formula is C22H28N3O+. The lowest BCUT2D eigenvalue weighted by atomic mass is 9.97. The molecule has 1 atom stereocenters. The quantitative estimate of drug-likeness (QED) is 0.776. The van der Waals surface area contributed by atoms with E-state index in [1.54, 1.807) is 0 Å². The van der Waals surface area contributed by atoms with Crippen LogP contribution in [0.5, 0.6) is 0 Å². The van der Waals surface area contributed by atoms with Crippen LogP contribution >= 0.6 is 0 Å². The van der Waals surface area contributed by atoms with Gasteiger partial charge in [-0.2, -0.15) is 0 Å². The Kier molecular flexibility index (Phi) is 5.02. The molecule has 0 aromatic heterocycles. The van der Waals surface area contributed by atoms with Crippen LogP contribution in [0.25, 0.3) is 11.1 Å². The van der Waals surface area contributed by atoms with Gasteiger partial charge in [-0.1, -0.05) is 48.5 Å². The SMILES string of the molecule is CN1CCC(CN2CCC(c3cccc(-c4ccccc4)c3)[N+]2=O)CC1. The van der Waals surface area contributed by atoms with Crippen LogP contribution in [0.4, 0.5) is 0 Å². The largest absolute Gasteiger partial charge is 0.306 e. The molecule has 2 heterocycles. The maximum Gasteiger partial charge on any atom is 0.261 e. The van der Waals surface area contributed by atoms with Crippen molar-refractivity contribution in [3.8, 4) is 11.1 Å². The number of benzene rings is 2. The third-order valence-electron chi connectivity index (χ3n) is 5.89. The lowest BCUT2D eigenvalue weighted by molar-refractivity contribution is -0.717. The monoisotopic (exact) mass is 350 g/mol. The Morgan fingerprint density at radius 2 is 1.65 bits per heavy atom. The van der Waals surface area contributed by atoms with Crippen molar-refractivity contribution in [3.05, 3.63) is 65.1 Å². The zero-order valence-corrected chi connectivity index (χ0v) is 15.6. The van der Waals surface area contributed by atoms with E-state index >= 15 is 0 Å². The molecule has 1 unspecified atom stereocenters. The van der Waals surface area contributed by atoms with Gasteiger partial charge < -0.3 is 4.90 Å². The van der Waals surface area contributed by atoms with E-state index in [2.05, 4.69) is 60.5 Å². The van der Waals surface area contributed by atoms with E-state index in [0.29, 0.717) is 5.92 Å². The van der Waals surface area contributed by atoms with Crippen molar-refractivity contribution >= 4 is 0 Å². The molecule has 0 spiro atoms. The van der Waals surface area contributed by atoms with Crippen LogP contribution in [0.3, 0.4) is 0 Å². The Balaban J connectivity index is 1.45. The minimum Gasteiger partial charge on any atom is -0.306 e. The second-order valence-corrected chi connectivity index (χ2v) is 7.76. The van der Waals surface area contributed by atoms with Crippen molar-refractivity contribution in [1.82, 2.24) is 9.91 Å². The first-order valence-corrected chi connectivity index (χ1v) is 9.76. The van der Waals surface area contributed by atoms with Gasteiger partial charge in [0.25, 0.3) is 6.04 Å². The summed E-state index contributed by atoms with van der Waals surface area (Å²) < 4.78 is 0. The maximum absolute atomic E-state index is 12.9. The number of hydrogen-bond donors (Lipinski definition) is 0. The Morgan fingerprint density at radius 3 is 2.42 bits per heavy atom. The van der Waals surface area contributed by atoms with E-state index in [1.165, 1.54) is 28.8 Å². The van der Waals surface area contributed by atoms with Gasteiger partial charge in [0, 0.05) is 12.0 Å². The summed E-state index contributed by atoms with van der Waals surface area (Å²) in [5.41, 5.74) is 3.52. The first kappa shape index (κ1) is 17.2. The van der Waals surface area contributed by atoms with Crippen LogP contribution in [0.1, 0.15) is 30.9 Å². The molecule has 2 saturated heterocycles. The average molecular weight is 350 g/mol. The van der Waals surface area contributed by atoms with E-state index in [1.807, 2.05) is 11.1 Å². The summed E-state index contributed by atoms with van der Waals surface area (Å²) in [6.07, 6.45) is 3.32. The third-order valence-corrected chi connectivity index (χ3v) is 5.89. The molecule has 2 aromatic carbocycles. The van der Waals surface area contributed by atoms with Gasteiger partial charge in [-0.15, -0.1) is 5.01 Å². The Bertz CT molecular complexity index is 753. The highest BCUT2D eigenvalue weighted by atomic mass is 16.3. The molecule has 0 bridgehead atoms. The van der Waals surface area contributed by atoms with Gasteiger partial charge in [0.2, 0.25) is 0 Å². The molecule has 2 aliphatic rings. The second kappa shape index (κ2) is 7.58. The van der Waals surface area contributed by atoms with Crippen molar-refractivity contribution < 1.29 is 4.87 Å². The molecule has 0 aliphatic carbocycles. The van der Waals surface area contributed by atoms with Gasteiger partial charge in [0.05, 0.1) is 18.0 Å². The first-order chi connectivity index (χ1) is 12.7. The van der Waals surface area contributed by atoms with Crippen molar-refractivity contribution in [2.24, 2.45) is 5.92 Å². The summed E-state index contributed by atoms with van der Waals surface area (Å²) in [6.45, 7) is 4.09. The van der Waals surface area contributed by atoms with E-state index < -0.39 is 0 Å². The summed E-state index contributed by atoms with van der Waals surface area (Å²) in [6, 6.07) is 18.8. The number of piperidine rings is 1. The molecule has 2 aromatic rings. The molecule has 0 saturated carbocycles. The van der Waals surface area contributed by atoms with E-state index in [0.717, 1.165) is 38.2 Å². The van der Waals surface area contributed by atoms with Crippen LogP contribution in [-0.2, 0) is 0 Å². The van der Waals surface area contributed by atoms with Crippen LogP contribution in [-0.4, -0.2) is 48.0 Å². The molecule has 2 fully saturated rings. The molecular weight excluding hydrogens is 322 g/mol. The predicted molar refractivity (Wildman–Crippen MR) is 105 cm³/mol. The van der Waals surface area contributed by atoms with E-state index in [9.17, 15) is 4.91 Å². The van der Waals surface area contributed by atoms with Crippen molar-refractivity contribution in [1.29, 1.82) is 0 Å². The fourth-order valence-electron chi connectivity index (χ4n) is 4.24. The zero-order chi connectivity index (χ0) is 17.9. The van der Waals surface area contributed by atoms with Gasteiger partial charge in [-0.25, -0.2) is 0 Å². The number of rotatable bonds is 4. The van der Waals surface area contributed by atoms with E-state index in [4.69, 9.17) is 0 Å². The third kappa shape index (κ3) is 3.65. The molecule has 0 radical (unpaired) electrons. The Morgan fingerprint density at radius 1 is 0.923 bits per heavy atom. The number of nitrogens with zero attached hydrogens (tertiary/aromatic N) is 3. The van der Waals surface area contributed by atoms with Crippen molar-refractivity contribution in [3.63, 3.8) is 0 Å².